The Balaban J connectivity index is 2.01. The van der Waals surface area contributed by atoms with Gasteiger partial charge in [0.2, 0.25) is 0 Å². The van der Waals surface area contributed by atoms with Crippen molar-refractivity contribution in [1.82, 2.24) is 9.47 Å². The van der Waals surface area contributed by atoms with E-state index >= 15 is 0 Å². The minimum absolute atomic E-state index is 0.0688. The van der Waals surface area contributed by atoms with Crippen molar-refractivity contribution >= 4 is 5.78 Å². The number of carbonyl (C=O) groups is 1. The van der Waals surface area contributed by atoms with Gasteiger partial charge in [-0.05, 0) is 57.7 Å². The summed E-state index contributed by atoms with van der Waals surface area (Å²) in [5, 5.41) is 9.61. The molecule has 0 amide bonds. The second kappa shape index (κ2) is 7.45. The summed E-state index contributed by atoms with van der Waals surface area (Å²) in [5.74, 6) is 0.196. The van der Waals surface area contributed by atoms with Crippen molar-refractivity contribution in [3.05, 3.63) is 35.7 Å². The molecule has 0 spiro atoms. The number of aliphatic hydroxyl groups is 1. The minimum atomic E-state index is 0.0688. The number of aromatic nitrogens is 1. The van der Waals surface area contributed by atoms with E-state index in [0.717, 1.165) is 55.8 Å². The van der Waals surface area contributed by atoms with Gasteiger partial charge in [0.1, 0.15) is 0 Å². The first kappa shape index (κ1) is 18.0. The van der Waals surface area contributed by atoms with Crippen LogP contribution < -0.4 is 0 Å². The lowest BCUT2D eigenvalue weighted by molar-refractivity contribution is 0.0400. The number of hydrogen-bond donors (Lipinski definition) is 1. The first-order valence-electron chi connectivity index (χ1n) is 8.60. The number of piperidine rings is 1. The van der Waals surface area contributed by atoms with Gasteiger partial charge in [-0.3, -0.25) is 9.69 Å². The molecule has 0 bridgehead atoms. The highest BCUT2D eigenvalue weighted by molar-refractivity contribution is 5.99. The summed E-state index contributed by atoms with van der Waals surface area (Å²) in [7, 11) is 0. The summed E-state index contributed by atoms with van der Waals surface area (Å²) < 4.78 is 2.13. The highest BCUT2D eigenvalue weighted by atomic mass is 16.3. The molecule has 1 aromatic heterocycles. The number of rotatable bonds is 7. The highest BCUT2D eigenvalue weighted by Crippen LogP contribution is 2.34. The maximum Gasteiger partial charge on any atom is 0.178 e. The monoisotopic (exact) mass is 318 g/mol. The molecule has 0 unspecified atom stereocenters. The molecule has 0 saturated carbocycles. The van der Waals surface area contributed by atoms with E-state index in [2.05, 4.69) is 23.0 Å². The second-order valence-electron chi connectivity index (χ2n) is 6.90. The van der Waals surface area contributed by atoms with Gasteiger partial charge < -0.3 is 9.67 Å². The van der Waals surface area contributed by atoms with Crippen molar-refractivity contribution < 1.29 is 9.90 Å². The normalized spacial score (nSPS) is 18.1. The fraction of sp³-hybridized carbons (Fsp3) is 0.632. The molecule has 0 radical (unpaired) electrons. The third kappa shape index (κ3) is 3.75. The zero-order valence-electron chi connectivity index (χ0n) is 14.8. The van der Waals surface area contributed by atoms with Crippen LogP contribution in [-0.4, -0.2) is 46.6 Å². The van der Waals surface area contributed by atoms with Gasteiger partial charge >= 0.3 is 0 Å². The predicted octanol–water partition coefficient (Wildman–Crippen LogP) is 2.96. The maximum atomic E-state index is 12.7. The predicted molar refractivity (Wildman–Crippen MR) is 93.9 cm³/mol. The molecule has 128 valence electrons. The zero-order chi connectivity index (χ0) is 17.0. The Bertz CT molecular complexity index is 560. The Morgan fingerprint density at radius 2 is 2.04 bits per heavy atom. The average Bonchev–Trinajstić information content (AvgIpc) is 2.84. The van der Waals surface area contributed by atoms with E-state index in [1.807, 2.05) is 26.0 Å². The molecule has 2 heterocycles. The van der Waals surface area contributed by atoms with Gasteiger partial charge in [0.25, 0.3) is 0 Å². The lowest BCUT2D eigenvalue weighted by Crippen LogP contribution is -2.43. The molecule has 1 saturated heterocycles. The molecule has 0 aromatic carbocycles. The molecule has 2 rings (SSSR count). The van der Waals surface area contributed by atoms with Crippen LogP contribution in [0.3, 0.4) is 0 Å². The number of carbonyl (C=O) groups excluding carboxylic acids is 1. The van der Waals surface area contributed by atoms with Crippen molar-refractivity contribution in [2.24, 2.45) is 5.41 Å². The molecule has 1 N–H and O–H groups in total. The molecule has 1 aliphatic rings. The number of ketones is 1. The summed E-state index contributed by atoms with van der Waals surface area (Å²) in [5.41, 5.74) is 3.04. The third-order valence-corrected chi connectivity index (χ3v) is 5.56. The van der Waals surface area contributed by atoms with Gasteiger partial charge in [-0.1, -0.05) is 13.0 Å². The Morgan fingerprint density at radius 3 is 2.57 bits per heavy atom. The number of nitrogens with zero attached hydrogens (tertiary/aromatic N) is 2. The lowest BCUT2D eigenvalue weighted by atomic mass is 9.77. The summed E-state index contributed by atoms with van der Waals surface area (Å²) >= 11 is 0. The first-order chi connectivity index (χ1) is 11.0. The molecule has 1 aromatic rings. The van der Waals surface area contributed by atoms with Gasteiger partial charge in [0, 0.05) is 30.1 Å². The third-order valence-electron chi connectivity index (χ3n) is 5.56. The lowest BCUT2D eigenvalue weighted by Gasteiger charge is -2.40. The van der Waals surface area contributed by atoms with Crippen LogP contribution >= 0.6 is 0 Å². The number of hydrogen-bond acceptors (Lipinski definition) is 3. The zero-order valence-corrected chi connectivity index (χ0v) is 14.8. The number of aliphatic hydroxyl groups excluding tert-OH is 1. The smallest absolute Gasteiger partial charge is 0.178 e. The van der Waals surface area contributed by atoms with E-state index in [0.29, 0.717) is 6.54 Å². The first-order valence-corrected chi connectivity index (χ1v) is 8.60. The van der Waals surface area contributed by atoms with E-state index in [1.165, 1.54) is 0 Å². The number of allylic oxidation sites excluding steroid dienone is 1. The highest BCUT2D eigenvalue weighted by Gasteiger charge is 2.33. The number of aryl methyl sites for hydroxylation is 1. The van der Waals surface area contributed by atoms with Gasteiger partial charge in [-0.25, -0.2) is 0 Å². The van der Waals surface area contributed by atoms with Crippen molar-refractivity contribution in [3.8, 4) is 0 Å². The maximum absolute atomic E-state index is 12.7. The van der Waals surface area contributed by atoms with Crippen LogP contribution in [0.15, 0.2) is 18.7 Å². The topological polar surface area (TPSA) is 45.5 Å². The molecule has 0 aliphatic carbocycles. The van der Waals surface area contributed by atoms with Gasteiger partial charge in [-0.15, -0.1) is 6.58 Å². The van der Waals surface area contributed by atoms with E-state index in [1.54, 1.807) is 0 Å². The number of Topliss-reactive ketones (excluding diaryl/α,β-unsaturated/α-hetero) is 1. The molecule has 1 aliphatic heterocycles. The van der Waals surface area contributed by atoms with Crippen LogP contribution in [0.25, 0.3) is 0 Å². The van der Waals surface area contributed by atoms with Crippen LogP contribution in [0.1, 0.15) is 47.9 Å². The summed E-state index contributed by atoms with van der Waals surface area (Å²) in [6.45, 7) is 13.2. The van der Waals surface area contributed by atoms with Crippen LogP contribution in [0, 0.1) is 19.3 Å². The Kier molecular flexibility index (Phi) is 5.82. The summed E-state index contributed by atoms with van der Waals surface area (Å²) in [6, 6.07) is 2.00. The van der Waals surface area contributed by atoms with Crippen molar-refractivity contribution in [1.29, 1.82) is 0 Å². The standard InChI is InChI=1S/C19H30N2O2/c1-5-9-21-15(3)12-17(16(21)4)18(23)13-20-10-7-19(6-2,14-22)8-11-20/h5,12,22H,1,6-11,13-14H2,2-4H3. The Hall–Kier alpha value is -1.39. The summed E-state index contributed by atoms with van der Waals surface area (Å²) in [4.78, 5) is 14.9. The van der Waals surface area contributed by atoms with Crippen LogP contribution in [0.2, 0.25) is 0 Å². The Labute approximate surface area is 139 Å². The van der Waals surface area contributed by atoms with Crippen LogP contribution in [-0.2, 0) is 6.54 Å². The fourth-order valence-corrected chi connectivity index (χ4v) is 3.59. The summed E-state index contributed by atoms with van der Waals surface area (Å²) in [6.07, 6.45) is 4.82. The van der Waals surface area contributed by atoms with Gasteiger partial charge in [-0.2, -0.15) is 0 Å². The molecule has 4 heteroatoms. The SMILES string of the molecule is C=CCn1c(C)cc(C(=O)CN2CCC(CC)(CO)CC2)c1C. The second-order valence-corrected chi connectivity index (χ2v) is 6.90. The van der Waals surface area contributed by atoms with Crippen molar-refractivity contribution in [2.45, 2.75) is 46.6 Å². The Morgan fingerprint density at radius 1 is 1.39 bits per heavy atom. The fourth-order valence-electron chi connectivity index (χ4n) is 3.59. The quantitative estimate of drug-likeness (QED) is 0.621. The van der Waals surface area contributed by atoms with Gasteiger partial charge in [0.05, 0.1) is 6.54 Å². The largest absolute Gasteiger partial charge is 0.396 e. The van der Waals surface area contributed by atoms with E-state index in [9.17, 15) is 9.90 Å². The minimum Gasteiger partial charge on any atom is -0.396 e. The molecule has 23 heavy (non-hydrogen) atoms. The van der Waals surface area contributed by atoms with Crippen LogP contribution in [0.5, 0.6) is 0 Å². The van der Waals surface area contributed by atoms with Gasteiger partial charge in [0.15, 0.2) is 5.78 Å². The van der Waals surface area contributed by atoms with E-state index in [4.69, 9.17) is 0 Å². The van der Waals surface area contributed by atoms with E-state index in [-0.39, 0.29) is 17.8 Å². The molecule has 4 nitrogen and oxygen atoms in total. The molecular weight excluding hydrogens is 288 g/mol. The number of likely N-dealkylation sites (tertiary alicyclic amines) is 1. The van der Waals surface area contributed by atoms with E-state index < -0.39 is 0 Å². The van der Waals surface area contributed by atoms with Crippen LogP contribution in [0.4, 0.5) is 0 Å². The molecule has 0 atom stereocenters. The van der Waals surface area contributed by atoms with Crippen molar-refractivity contribution in [3.63, 3.8) is 0 Å². The molecule has 1 fully saturated rings. The molecular formula is C19H30N2O2. The van der Waals surface area contributed by atoms with Crippen molar-refractivity contribution in [2.75, 3.05) is 26.2 Å². The average molecular weight is 318 g/mol.